The molecule has 4 aromatic rings. The monoisotopic (exact) mass is 447 g/mol. The van der Waals surface area contributed by atoms with Crippen LogP contribution < -0.4 is 5.32 Å². The van der Waals surface area contributed by atoms with Crippen LogP contribution in [0.4, 0.5) is 5.82 Å². The molecule has 0 aliphatic carbocycles. The Labute approximate surface area is 180 Å². The summed E-state index contributed by atoms with van der Waals surface area (Å²) in [5.74, 6) is 1.33. The number of carbonyl (C=O) groups is 1. The Morgan fingerprint density at radius 3 is 2.97 bits per heavy atom. The van der Waals surface area contributed by atoms with Gasteiger partial charge in [0.1, 0.15) is 5.82 Å². The normalized spacial score (nSPS) is 11.0. The second kappa shape index (κ2) is 8.77. The maximum atomic E-state index is 12.4. The van der Waals surface area contributed by atoms with Gasteiger partial charge in [0.15, 0.2) is 0 Å². The number of carbonyl (C=O) groups excluding carboxylic acids is 1. The third-order valence-electron chi connectivity index (χ3n) is 4.15. The summed E-state index contributed by atoms with van der Waals surface area (Å²) in [5.41, 5.74) is 1.71. The summed E-state index contributed by atoms with van der Waals surface area (Å²) in [6.45, 7) is 0.385. The maximum absolute atomic E-state index is 12.4. The number of halogens is 2. The highest BCUT2D eigenvalue weighted by atomic mass is 35.5. The van der Waals surface area contributed by atoms with Crippen LogP contribution in [0.1, 0.15) is 17.9 Å². The first-order valence-corrected chi connectivity index (χ1v) is 10.4. The van der Waals surface area contributed by atoms with E-state index in [0.29, 0.717) is 40.5 Å². The van der Waals surface area contributed by atoms with Crippen LogP contribution in [0.5, 0.6) is 0 Å². The van der Waals surface area contributed by atoms with Gasteiger partial charge in [0.2, 0.25) is 17.6 Å². The van der Waals surface area contributed by atoms with Crippen LogP contribution in [-0.4, -0.2) is 25.8 Å². The van der Waals surface area contributed by atoms with Gasteiger partial charge in [-0.05, 0) is 23.1 Å². The highest BCUT2D eigenvalue weighted by Gasteiger charge is 2.13. The van der Waals surface area contributed by atoms with Crippen molar-refractivity contribution in [2.24, 2.45) is 0 Å². The molecule has 1 N–H and O–H groups in total. The number of anilines is 1. The van der Waals surface area contributed by atoms with Gasteiger partial charge in [-0.15, -0.1) is 0 Å². The molecule has 148 valence electrons. The second-order valence-corrected chi connectivity index (χ2v) is 7.72. The van der Waals surface area contributed by atoms with E-state index in [1.54, 1.807) is 34.3 Å². The lowest BCUT2D eigenvalue weighted by atomic mass is 10.2. The van der Waals surface area contributed by atoms with Crippen molar-refractivity contribution in [3.8, 4) is 11.4 Å². The summed E-state index contributed by atoms with van der Waals surface area (Å²) >= 11 is 13.9. The van der Waals surface area contributed by atoms with E-state index in [-0.39, 0.29) is 12.3 Å². The van der Waals surface area contributed by atoms with Gasteiger partial charge < -0.3 is 9.84 Å². The standard InChI is InChI=1S/C19H15Cl2N5O2S/c20-14-3-1-2-12(18(14)21)10-26-15(6-8-22-26)23-16(27)4-5-17-24-19(25-28-17)13-7-9-29-11-13/h1-3,6-9,11H,4-5,10H2,(H,23,27). The maximum Gasteiger partial charge on any atom is 0.227 e. The van der Waals surface area contributed by atoms with Crippen LogP contribution in [0.2, 0.25) is 10.0 Å². The Morgan fingerprint density at radius 1 is 1.24 bits per heavy atom. The molecule has 7 nitrogen and oxygen atoms in total. The summed E-state index contributed by atoms with van der Waals surface area (Å²) in [6, 6.07) is 9.04. The fourth-order valence-corrected chi connectivity index (χ4v) is 3.70. The molecule has 0 bridgehead atoms. The van der Waals surface area contributed by atoms with Crippen LogP contribution >= 0.6 is 34.5 Å². The zero-order valence-electron chi connectivity index (χ0n) is 15.0. The molecule has 4 rings (SSSR count). The second-order valence-electron chi connectivity index (χ2n) is 6.16. The zero-order chi connectivity index (χ0) is 20.2. The van der Waals surface area contributed by atoms with Gasteiger partial charge >= 0.3 is 0 Å². The Morgan fingerprint density at radius 2 is 2.14 bits per heavy atom. The third kappa shape index (κ3) is 4.67. The predicted molar refractivity (Wildman–Crippen MR) is 112 cm³/mol. The van der Waals surface area contributed by atoms with Crippen molar-refractivity contribution < 1.29 is 9.32 Å². The first-order chi connectivity index (χ1) is 14.1. The van der Waals surface area contributed by atoms with Crippen molar-refractivity contribution in [2.45, 2.75) is 19.4 Å². The lowest BCUT2D eigenvalue weighted by Gasteiger charge is -2.10. The zero-order valence-corrected chi connectivity index (χ0v) is 17.3. The number of nitrogens with one attached hydrogen (secondary N) is 1. The van der Waals surface area contributed by atoms with Gasteiger partial charge in [-0.2, -0.15) is 21.4 Å². The first kappa shape index (κ1) is 19.6. The molecule has 1 aromatic carbocycles. The van der Waals surface area contributed by atoms with Crippen molar-refractivity contribution in [3.63, 3.8) is 0 Å². The molecule has 1 amide bonds. The Hall–Kier alpha value is -2.68. The van der Waals surface area contributed by atoms with Crippen molar-refractivity contribution in [1.29, 1.82) is 0 Å². The highest BCUT2D eigenvalue weighted by molar-refractivity contribution is 7.08. The summed E-state index contributed by atoms with van der Waals surface area (Å²) < 4.78 is 6.87. The molecule has 0 aliphatic rings. The fourth-order valence-electron chi connectivity index (χ4n) is 2.69. The molecule has 0 unspecified atom stereocenters. The molecule has 0 atom stereocenters. The van der Waals surface area contributed by atoms with Crippen LogP contribution in [-0.2, 0) is 17.8 Å². The molecule has 3 aromatic heterocycles. The number of aromatic nitrogens is 4. The molecular weight excluding hydrogens is 433 g/mol. The van der Waals surface area contributed by atoms with Gasteiger partial charge in [0.25, 0.3) is 0 Å². The summed E-state index contributed by atoms with van der Waals surface area (Å²) in [7, 11) is 0. The molecule has 0 fully saturated rings. The van der Waals surface area contributed by atoms with E-state index in [0.717, 1.165) is 11.1 Å². The van der Waals surface area contributed by atoms with Crippen molar-refractivity contribution in [3.05, 3.63) is 68.8 Å². The predicted octanol–water partition coefficient (Wildman–Crippen LogP) is 4.92. The van der Waals surface area contributed by atoms with E-state index >= 15 is 0 Å². The highest BCUT2D eigenvalue weighted by Crippen LogP contribution is 2.26. The van der Waals surface area contributed by atoms with Crippen LogP contribution in [0.15, 0.2) is 51.8 Å². The average molecular weight is 448 g/mol. The third-order valence-corrected chi connectivity index (χ3v) is 5.69. The van der Waals surface area contributed by atoms with E-state index in [1.165, 1.54) is 0 Å². The lowest BCUT2D eigenvalue weighted by Crippen LogP contribution is -2.16. The topological polar surface area (TPSA) is 85.8 Å². The molecular formula is C19H15Cl2N5O2S. The number of rotatable bonds is 7. The number of nitrogens with zero attached hydrogens (tertiary/aromatic N) is 4. The van der Waals surface area contributed by atoms with E-state index < -0.39 is 0 Å². The molecule has 0 spiro atoms. The van der Waals surface area contributed by atoms with E-state index in [1.807, 2.05) is 29.0 Å². The van der Waals surface area contributed by atoms with Gasteiger partial charge in [-0.3, -0.25) is 4.79 Å². The number of thiophene rings is 1. The number of aryl methyl sites for hydroxylation is 1. The van der Waals surface area contributed by atoms with E-state index in [4.69, 9.17) is 27.7 Å². The van der Waals surface area contributed by atoms with Crippen LogP contribution in [0.25, 0.3) is 11.4 Å². The minimum absolute atomic E-state index is 0.181. The lowest BCUT2D eigenvalue weighted by molar-refractivity contribution is -0.116. The Kier molecular flexibility index (Phi) is 5.94. The minimum Gasteiger partial charge on any atom is -0.339 e. The molecule has 29 heavy (non-hydrogen) atoms. The van der Waals surface area contributed by atoms with E-state index in [2.05, 4.69) is 20.6 Å². The van der Waals surface area contributed by atoms with Gasteiger partial charge in [-0.1, -0.05) is 40.5 Å². The smallest absolute Gasteiger partial charge is 0.227 e. The molecule has 0 radical (unpaired) electrons. The Balaban J connectivity index is 1.36. The quantitative estimate of drug-likeness (QED) is 0.434. The number of amides is 1. The molecule has 0 saturated carbocycles. The minimum atomic E-state index is -0.181. The Bertz CT molecular complexity index is 1120. The molecule has 0 aliphatic heterocycles. The first-order valence-electron chi connectivity index (χ1n) is 8.70. The van der Waals surface area contributed by atoms with Gasteiger partial charge in [-0.25, -0.2) is 4.68 Å². The molecule has 0 saturated heterocycles. The van der Waals surface area contributed by atoms with E-state index in [9.17, 15) is 4.79 Å². The summed E-state index contributed by atoms with van der Waals surface area (Å²) in [4.78, 5) is 16.7. The average Bonchev–Trinajstić information content (AvgIpc) is 3.46. The van der Waals surface area contributed by atoms with Crippen molar-refractivity contribution >= 4 is 46.3 Å². The SMILES string of the molecule is O=C(CCc1nc(-c2ccsc2)no1)Nc1ccnn1Cc1cccc(Cl)c1Cl. The van der Waals surface area contributed by atoms with Gasteiger partial charge in [0, 0.05) is 29.9 Å². The molecule has 3 heterocycles. The summed E-state index contributed by atoms with van der Waals surface area (Å²) in [6.07, 6.45) is 2.16. The van der Waals surface area contributed by atoms with Crippen LogP contribution in [0, 0.1) is 0 Å². The van der Waals surface area contributed by atoms with Crippen molar-refractivity contribution in [1.82, 2.24) is 19.9 Å². The summed E-state index contributed by atoms with van der Waals surface area (Å²) in [5, 5.41) is 15.9. The largest absolute Gasteiger partial charge is 0.339 e. The number of hydrogen-bond acceptors (Lipinski definition) is 6. The van der Waals surface area contributed by atoms with Crippen molar-refractivity contribution in [2.75, 3.05) is 5.32 Å². The van der Waals surface area contributed by atoms with Crippen LogP contribution in [0.3, 0.4) is 0 Å². The number of benzene rings is 1. The molecule has 10 heteroatoms. The fraction of sp³-hybridized carbons (Fsp3) is 0.158. The van der Waals surface area contributed by atoms with Gasteiger partial charge in [0.05, 0.1) is 22.8 Å². The number of hydrogen-bond donors (Lipinski definition) is 1.